The van der Waals surface area contributed by atoms with Crippen LogP contribution in [-0.4, -0.2) is 0 Å². The predicted molar refractivity (Wildman–Crippen MR) is 45.0 cm³/mol. The van der Waals surface area contributed by atoms with Crippen LogP contribution in [0.4, 0.5) is 0 Å². The predicted octanol–water partition coefficient (Wildman–Crippen LogP) is 1.31. The van der Waals surface area contributed by atoms with E-state index >= 15 is 0 Å². The zero-order valence-electron chi connectivity index (χ0n) is 6.72. The highest BCUT2D eigenvalue weighted by Crippen LogP contribution is 2.25. The quantitative estimate of drug-likeness (QED) is 0.574. The van der Waals surface area contributed by atoms with Crippen LogP contribution in [0.15, 0.2) is 24.3 Å². The van der Waals surface area contributed by atoms with Crippen LogP contribution in [0.1, 0.15) is 30.0 Å². The minimum Gasteiger partial charge on any atom is -0.351 e. The Hall–Kier alpha value is -0.820. The summed E-state index contributed by atoms with van der Waals surface area (Å²) in [7, 11) is 0. The number of hydrogen-bond donors (Lipinski definition) is 1. The first-order chi connectivity index (χ1) is 5.38. The summed E-state index contributed by atoms with van der Waals surface area (Å²) in [5, 5.41) is 0. The maximum Gasteiger partial charge on any atom is 0.110 e. The molecule has 0 unspecified atom stereocenters. The van der Waals surface area contributed by atoms with E-state index in [-0.39, 0.29) is 0 Å². The molecular formula is C10H14N+. The summed E-state index contributed by atoms with van der Waals surface area (Å²) < 4.78 is 0. The number of rotatable bonds is 0. The van der Waals surface area contributed by atoms with Gasteiger partial charge in [-0.05, 0) is 18.4 Å². The molecule has 1 nitrogen and oxygen atoms in total. The van der Waals surface area contributed by atoms with Gasteiger partial charge >= 0.3 is 0 Å². The van der Waals surface area contributed by atoms with Crippen molar-refractivity contribution in [2.45, 2.75) is 25.3 Å². The van der Waals surface area contributed by atoms with Crippen LogP contribution in [0.3, 0.4) is 0 Å². The Kier molecular flexibility index (Phi) is 1.66. The van der Waals surface area contributed by atoms with Crippen molar-refractivity contribution in [1.29, 1.82) is 0 Å². The fourth-order valence-electron chi connectivity index (χ4n) is 1.85. The van der Waals surface area contributed by atoms with Crippen LogP contribution in [0.2, 0.25) is 0 Å². The first kappa shape index (κ1) is 6.86. The number of fused-ring (bicyclic) bond motifs is 1. The fraction of sp³-hybridized carbons (Fsp3) is 0.400. The molecule has 0 bridgehead atoms. The van der Waals surface area contributed by atoms with Crippen molar-refractivity contribution >= 4 is 0 Å². The molecule has 0 heterocycles. The molecule has 2 rings (SSSR count). The Morgan fingerprint density at radius 2 is 2.09 bits per heavy atom. The van der Waals surface area contributed by atoms with Gasteiger partial charge in [-0.3, -0.25) is 0 Å². The van der Waals surface area contributed by atoms with E-state index in [0.29, 0.717) is 6.04 Å². The number of quaternary nitrogens is 1. The third kappa shape index (κ3) is 1.16. The van der Waals surface area contributed by atoms with Gasteiger partial charge in [0.05, 0.1) is 0 Å². The maximum absolute atomic E-state index is 4.14. The minimum atomic E-state index is 0.542. The smallest absolute Gasteiger partial charge is 0.110 e. The lowest BCUT2D eigenvalue weighted by Crippen LogP contribution is -2.54. The SMILES string of the molecule is [NH3+][C@@H]1CCCc2ccccc21. The van der Waals surface area contributed by atoms with Gasteiger partial charge < -0.3 is 5.73 Å². The summed E-state index contributed by atoms with van der Waals surface area (Å²) in [6.07, 6.45) is 3.82. The maximum atomic E-state index is 4.14. The average molecular weight is 148 g/mol. The Morgan fingerprint density at radius 1 is 1.27 bits per heavy atom. The van der Waals surface area contributed by atoms with Crippen LogP contribution in [-0.2, 0) is 6.42 Å². The van der Waals surface area contributed by atoms with E-state index in [1.165, 1.54) is 30.4 Å². The van der Waals surface area contributed by atoms with Crippen LogP contribution in [0.5, 0.6) is 0 Å². The van der Waals surface area contributed by atoms with Crippen LogP contribution < -0.4 is 5.73 Å². The lowest BCUT2D eigenvalue weighted by molar-refractivity contribution is -0.429. The molecule has 0 amide bonds. The molecule has 11 heavy (non-hydrogen) atoms. The van der Waals surface area contributed by atoms with Crippen molar-refractivity contribution < 1.29 is 5.73 Å². The van der Waals surface area contributed by atoms with E-state index < -0.39 is 0 Å². The molecule has 1 atom stereocenters. The van der Waals surface area contributed by atoms with Crippen molar-refractivity contribution in [3.8, 4) is 0 Å². The van der Waals surface area contributed by atoms with Crippen molar-refractivity contribution in [3.63, 3.8) is 0 Å². The van der Waals surface area contributed by atoms with Crippen molar-refractivity contribution in [2.24, 2.45) is 0 Å². The molecule has 1 aromatic carbocycles. The highest BCUT2D eigenvalue weighted by atomic mass is 14.6. The topological polar surface area (TPSA) is 27.6 Å². The number of aryl methyl sites for hydroxylation is 1. The zero-order valence-corrected chi connectivity index (χ0v) is 6.72. The van der Waals surface area contributed by atoms with E-state index in [1.54, 1.807) is 0 Å². The Bertz CT molecular complexity index is 255. The van der Waals surface area contributed by atoms with Gasteiger partial charge in [0.2, 0.25) is 0 Å². The summed E-state index contributed by atoms with van der Waals surface area (Å²) in [6, 6.07) is 9.22. The molecule has 1 aliphatic rings. The Balaban J connectivity index is 2.44. The van der Waals surface area contributed by atoms with Crippen LogP contribution >= 0.6 is 0 Å². The fourth-order valence-corrected chi connectivity index (χ4v) is 1.85. The molecule has 0 aliphatic heterocycles. The summed E-state index contributed by atoms with van der Waals surface area (Å²) >= 11 is 0. The molecule has 0 saturated carbocycles. The monoisotopic (exact) mass is 148 g/mol. The van der Waals surface area contributed by atoms with Crippen LogP contribution in [0.25, 0.3) is 0 Å². The van der Waals surface area contributed by atoms with E-state index in [2.05, 4.69) is 30.0 Å². The summed E-state index contributed by atoms with van der Waals surface area (Å²) in [5.74, 6) is 0. The average Bonchev–Trinajstić information content (AvgIpc) is 2.06. The van der Waals surface area contributed by atoms with Gasteiger partial charge in [-0.2, -0.15) is 0 Å². The van der Waals surface area contributed by atoms with Gasteiger partial charge in [-0.25, -0.2) is 0 Å². The second kappa shape index (κ2) is 2.67. The normalized spacial score (nSPS) is 22.8. The second-order valence-corrected chi connectivity index (χ2v) is 3.29. The highest BCUT2D eigenvalue weighted by molar-refractivity contribution is 5.30. The summed E-state index contributed by atoms with van der Waals surface area (Å²) in [5.41, 5.74) is 7.12. The Morgan fingerprint density at radius 3 is 2.91 bits per heavy atom. The molecule has 1 aliphatic carbocycles. The second-order valence-electron chi connectivity index (χ2n) is 3.29. The summed E-state index contributed by atoms with van der Waals surface area (Å²) in [6.45, 7) is 0. The molecular weight excluding hydrogens is 134 g/mol. The largest absolute Gasteiger partial charge is 0.351 e. The first-order valence-corrected chi connectivity index (χ1v) is 4.29. The molecule has 0 aromatic heterocycles. The van der Waals surface area contributed by atoms with E-state index in [0.717, 1.165) is 0 Å². The molecule has 0 spiro atoms. The molecule has 1 aromatic rings. The molecule has 58 valence electrons. The van der Waals surface area contributed by atoms with Crippen molar-refractivity contribution in [2.75, 3.05) is 0 Å². The van der Waals surface area contributed by atoms with E-state index in [9.17, 15) is 0 Å². The number of hydrogen-bond acceptors (Lipinski definition) is 0. The minimum absolute atomic E-state index is 0.542. The van der Waals surface area contributed by atoms with Gasteiger partial charge in [-0.15, -0.1) is 0 Å². The highest BCUT2D eigenvalue weighted by Gasteiger charge is 2.17. The van der Waals surface area contributed by atoms with E-state index in [4.69, 9.17) is 0 Å². The first-order valence-electron chi connectivity index (χ1n) is 4.29. The molecule has 1 heteroatoms. The molecule has 0 saturated heterocycles. The molecule has 3 N–H and O–H groups in total. The van der Waals surface area contributed by atoms with Gasteiger partial charge in [0, 0.05) is 12.0 Å². The van der Waals surface area contributed by atoms with Crippen LogP contribution in [0, 0.1) is 0 Å². The third-order valence-corrected chi connectivity index (χ3v) is 2.49. The molecule has 0 fully saturated rings. The van der Waals surface area contributed by atoms with Gasteiger partial charge in [0.25, 0.3) is 0 Å². The van der Waals surface area contributed by atoms with Crippen molar-refractivity contribution in [1.82, 2.24) is 0 Å². The van der Waals surface area contributed by atoms with Crippen molar-refractivity contribution in [3.05, 3.63) is 35.4 Å². The number of benzene rings is 1. The zero-order chi connectivity index (χ0) is 7.68. The Labute approximate surface area is 67.2 Å². The van der Waals surface area contributed by atoms with Gasteiger partial charge in [0.15, 0.2) is 0 Å². The lowest BCUT2D eigenvalue weighted by Gasteiger charge is -2.18. The van der Waals surface area contributed by atoms with Gasteiger partial charge in [-0.1, -0.05) is 24.3 Å². The van der Waals surface area contributed by atoms with E-state index in [1.807, 2.05) is 0 Å². The lowest BCUT2D eigenvalue weighted by atomic mass is 9.88. The summed E-state index contributed by atoms with van der Waals surface area (Å²) in [4.78, 5) is 0. The van der Waals surface area contributed by atoms with Gasteiger partial charge in [0.1, 0.15) is 6.04 Å². The molecule has 0 radical (unpaired) electrons. The third-order valence-electron chi connectivity index (χ3n) is 2.49. The standard InChI is InChI=1S/C10H13N/c11-10-7-3-5-8-4-1-2-6-9(8)10/h1-2,4,6,10H,3,5,7,11H2/p+1/t10-/m1/s1.